The molecular formula is C15H26N2S. The summed E-state index contributed by atoms with van der Waals surface area (Å²) in [6, 6.07) is 1.09. The first-order valence-electron chi connectivity index (χ1n) is 6.85. The average Bonchev–Trinajstić information content (AvgIpc) is 2.63. The quantitative estimate of drug-likeness (QED) is 0.887. The zero-order chi connectivity index (χ0) is 13.7. The highest BCUT2D eigenvalue weighted by molar-refractivity contribution is 7.12. The highest BCUT2D eigenvalue weighted by atomic mass is 32.1. The summed E-state index contributed by atoms with van der Waals surface area (Å²) in [6.07, 6.45) is 1.29. The summed E-state index contributed by atoms with van der Waals surface area (Å²) in [6.45, 7) is 15.8. The highest BCUT2D eigenvalue weighted by Crippen LogP contribution is 2.46. The van der Waals surface area contributed by atoms with Crippen molar-refractivity contribution in [3.05, 3.63) is 15.6 Å². The molecule has 1 aromatic heterocycles. The van der Waals surface area contributed by atoms with Crippen molar-refractivity contribution in [1.29, 1.82) is 0 Å². The van der Waals surface area contributed by atoms with Gasteiger partial charge in [-0.3, -0.25) is 0 Å². The zero-order valence-electron chi connectivity index (χ0n) is 12.7. The first-order chi connectivity index (χ1) is 8.11. The van der Waals surface area contributed by atoms with E-state index < -0.39 is 0 Å². The number of aryl methyl sites for hydroxylation is 1. The second-order valence-electron chi connectivity index (χ2n) is 7.35. The van der Waals surface area contributed by atoms with Crippen molar-refractivity contribution in [2.75, 3.05) is 0 Å². The fourth-order valence-electron chi connectivity index (χ4n) is 2.26. The van der Waals surface area contributed by atoms with Gasteiger partial charge in [0.1, 0.15) is 0 Å². The minimum Gasteiger partial charge on any atom is -0.306 e. The van der Waals surface area contributed by atoms with Crippen molar-refractivity contribution < 1.29 is 0 Å². The normalized spacial score (nSPS) is 24.1. The molecule has 0 aliphatic heterocycles. The van der Waals surface area contributed by atoms with Crippen molar-refractivity contribution in [2.45, 2.75) is 72.4 Å². The van der Waals surface area contributed by atoms with Gasteiger partial charge in [-0.2, -0.15) is 0 Å². The molecule has 1 saturated carbocycles. The molecule has 0 radical (unpaired) electrons. The maximum Gasteiger partial charge on any atom is 0.0985 e. The molecule has 102 valence electrons. The van der Waals surface area contributed by atoms with Gasteiger partial charge in [0.2, 0.25) is 0 Å². The molecule has 1 fully saturated rings. The topological polar surface area (TPSA) is 24.9 Å². The van der Waals surface area contributed by atoms with E-state index in [0.29, 0.717) is 17.5 Å². The molecule has 2 rings (SSSR count). The first-order valence-corrected chi connectivity index (χ1v) is 7.67. The number of hydrogen-bond acceptors (Lipinski definition) is 3. The van der Waals surface area contributed by atoms with Crippen LogP contribution < -0.4 is 5.32 Å². The Morgan fingerprint density at radius 3 is 2.33 bits per heavy atom. The highest BCUT2D eigenvalue weighted by Gasteiger charge is 2.46. The Bertz CT molecular complexity index is 440. The van der Waals surface area contributed by atoms with Crippen LogP contribution in [-0.2, 0) is 5.41 Å². The fourth-order valence-corrected chi connectivity index (χ4v) is 3.40. The first kappa shape index (κ1) is 14.0. The second-order valence-corrected chi connectivity index (χ2v) is 8.38. The van der Waals surface area contributed by atoms with E-state index in [0.717, 1.165) is 0 Å². The van der Waals surface area contributed by atoms with Gasteiger partial charge in [-0.05, 0) is 25.7 Å². The van der Waals surface area contributed by atoms with Gasteiger partial charge < -0.3 is 5.32 Å². The Balaban J connectivity index is 2.11. The third kappa shape index (κ3) is 2.77. The van der Waals surface area contributed by atoms with Crippen LogP contribution in [0.3, 0.4) is 0 Å². The molecule has 1 aromatic rings. The van der Waals surface area contributed by atoms with Crippen LogP contribution in [-0.4, -0.2) is 11.0 Å². The molecule has 0 amide bonds. The Labute approximate surface area is 115 Å². The van der Waals surface area contributed by atoms with E-state index in [9.17, 15) is 0 Å². The molecule has 0 saturated heterocycles. The maximum absolute atomic E-state index is 4.75. The van der Waals surface area contributed by atoms with Crippen LogP contribution in [0.1, 0.15) is 69.6 Å². The van der Waals surface area contributed by atoms with Gasteiger partial charge in [0, 0.05) is 22.4 Å². The summed E-state index contributed by atoms with van der Waals surface area (Å²) in [5.74, 6) is 0. The van der Waals surface area contributed by atoms with Gasteiger partial charge in [0.15, 0.2) is 0 Å². The van der Waals surface area contributed by atoms with E-state index in [-0.39, 0.29) is 5.41 Å². The predicted molar refractivity (Wildman–Crippen MR) is 79.3 cm³/mol. The summed E-state index contributed by atoms with van der Waals surface area (Å²) in [5, 5.41) is 4.99. The van der Waals surface area contributed by atoms with Crippen LogP contribution in [0.15, 0.2) is 0 Å². The van der Waals surface area contributed by atoms with Gasteiger partial charge in [-0.1, -0.05) is 34.6 Å². The van der Waals surface area contributed by atoms with Crippen molar-refractivity contribution in [2.24, 2.45) is 5.41 Å². The van der Waals surface area contributed by atoms with E-state index in [1.54, 1.807) is 0 Å². The number of nitrogens with one attached hydrogen (secondary N) is 1. The van der Waals surface area contributed by atoms with E-state index in [1.165, 1.54) is 22.0 Å². The van der Waals surface area contributed by atoms with E-state index >= 15 is 0 Å². The van der Waals surface area contributed by atoms with Crippen LogP contribution in [0.4, 0.5) is 0 Å². The molecule has 1 aliphatic rings. The molecular weight excluding hydrogens is 240 g/mol. The van der Waals surface area contributed by atoms with Gasteiger partial charge in [-0.15, -0.1) is 11.3 Å². The van der Waals surface area contributed by atoms with Crippen LogP contribution in [0.25, 0.3) is 0 Å². The molecule has 2 nitrogen and oxygen atoms in total. The molecule has 0 spiro atoms. The lowest BCUT2D eigenvalue weighted by Crippen LogP contribution is -2.24. The average molecular weight is 266 g/mol. The Hall–Kier alpha value is -0.410. The van der Waals surface area contributed by atoms with Crippen molar-refractivity contribution >= 4 is 11.3 Å². The number of nitrogens with zero attached hydrogens (tertiary/aromatic N) is 1. The van der Waals surface area contributed by atoms with Crippen LogP contribution >= 0.6 is 11.3 Å². The maximum atomic E-state index is 4.75. The van der Waals surface area contributed by atoms with Crippen LogP contribution in [0.2, 0.25) is 0 Å². The summed E-state index contributed by atoms with van der Waals surface area (Å²) in [4.78, 5) is 6.15. The van der Waals surface area contributed by atoms with Crippen molar-refractivity contribution in [3.8, 4) is 0 Å². The number of thiazole rings is 1. The lowest BCUT2D eigenvalue weighted by molar-refractivity contribution is 0.494. The fraction of sp³-hybridized carbons (Fsp3) is 0.800. The number of aromatic nitrogens is 1. The SMILES string of the molecule is Cc1nc(C(C)(C)C)sc1C(C)NC1CC1(C)C. The minimum atomic E-state index is 0.159. The Morgan fingerprint density at radius 1 is 1.39 bits per heavy atom. The lowest BCUT2D eigenvalue weighted by Gasteiger charge is -2.15. The smallest absolute Gasteiger partial charge is 0.0985 e. The number of hydrogen-bond donors (Lipinski definition) is 1. The van der Waals surface area contributed by atoms with Gasteiger partial charge in [0.05, 0.1) is 10.7 Å². The molecule has 1 aliphatic carbocycles. The molecule has 1 N–H and O–H groups in total. The van der Waals surface area contributed by atoms with E-state index in [4.69, 9.17) is 4.98 Å². The lowest BCUT2D eigenvalue weighted by atomic mass is 9.98. The third-order valence-electron chi connectivity index (χ3n) is 3.83. The summed E-state index contributed by atoms with van der Waals surface area (Å²) in [5.41, 5.74) is 1.84. The van der Waals surface area contributed by atoms with Crippen molar-refractivity contribution in [1.82, 2.24) is 10.3 Å². The molecule has 3 heteroatoms. The minimum absolute atomic E-state index is 0.159. The van der Waals surface area contributed by atoms with Gasteiger partial charge in [0.25, 0.3) is 0 Å². The number of rotatable bonds is 3. The van der Waals surface area contributed by atoms with Gasteiger partial charge in [-0.25, -0.2) is 4.98 Å². The summed E-state index contributed by atoms with van der Waals surface area (Å²) >= 11 is 1.87. The van der Waals surface area contributed by atoms with E-state index in [2.05, 4.69) is 53.8 Å². The Morgan fingerprint density at radius 2 is 1.94 bits per heavy atom. The summed E-state index contributed by atoms with van der Waals surface area (Å²) < 4.78 is 0. The second kappa shape index (κ2) is 4.31. The molecule has 2 atom stereocenters. The largest absolute Gasteiger partial charge is 0.306 e. The molecule has 2 unspecified atom stereocenters. The Kier molecular flexibility index (Phi) is 3.35. The third-order valence-corrected chi connectivity index (χ3v) is 5.60. The predicted octanol–water partition coefficient (Wildman–Crippen LogP) is 4.20. The molecule has 18 heavy (non-hydrogen) atoms. The van der Waals surface area contributed by atoms with Crippen LogP contribution in [0, 0.1) is 12.3 Å². The van der Waals surface area contributed by atoms with E-state index in [1.807, 2.05) is 11.3 Å². The van der Waals surface area contributed by atoms with Gasteiger partial charge >= 0.3 is 0 Å². The molecule has 0 bridgehead atoms. The standard InChI is InChI=1S/C15H26N2S/c1-9(16-11-8-15(11,6)7)12-10(2)17-13(18-12)14(3,4)5/h9,11,16H,8H2,1-7H3. The van der Waals surface area contributed by atoms with Crippen molar-refractivity contribution in [3.63, 3.8) is 0 Å². The zero-order valence-corrected chi connectivity index (χ0v) is 13.5. The molecule has 1 heterocycles. The van der Waals surface area contributed by atoms with Crippen LogP contribution in [0.5, 0.6) is 0 Å². The summed E-state index contributed by atoms with van der Waals surface area (Å²) in [7, 11) is 0. The molecule has 0 aromatic carbocycles. The monoisotopic (exact) mass is 266 g/mol.